The molecule has 1 N–H and O–H groups in total. The highest BCUT2D eigenvalue weighted by atomic mass is 16.5. The molecule has 1 atom stereocenters. The standard InChI is InChI=1S/C15H18N2O3/c18-14-8-12(9-17(14)13-6-7-13)16-15(19)20-10-11-4-2-1-3-5-11/h1-5,12-13H,6-10H2,(H,16,19)/t12-/m1/s1. The Labute approximate surface area is 117 Å². The molecule has 106 valence electrons. The lowest BCUT2D eigenvalue weighted by atomic mass is 10.2. The molecule has 3 rings (SSSR count). The van der Waals surface area contributed by atoms with Gasteiger partial charge in [0.15, 0.2) is 0 Å². The van der Waals surface area contributed by atoms with Crippen molar-refractivity contribution in [3.8, 4) is 0 Å². The number of carbonyl (C=O) groups is 2. The average molecular weight is 274 g/mol. The smallest absolute Gasteiger partial charge is 0.407 e. The number of hydrogen-bond donors (Lipinski definition) is 1. The van der Waals surface area contributed by atoms with Gasteiger partial charge in [-0.1, -0.05) is 30.3 Å². The van der Waals surface area contributed by atoms with E-state index in [1.165, 1.54) is 0 Å². The Morgan fingerprint density at radius 3 is 2.75 bits per heavy atom. The van der Waals surface area contributed by atoms with Gasteiger partial charge in [0.1, 0.15) is 6.61 Å². The molecule has 1 saturated carbocycles. The van der Waals surface area contributed by atoms with E-state index in [-0.39, 0.29) is 18.6 Å². The van der Waals surface area contributed by atoms with Crippen LogP contribution in [0.25, 0.3) is 0 Å². The van der Waals surface area contributed by atoms with E-state index >= 15 is 0 Å². The van der Waals surface area contributed by atoms with Gasteiger partial charge in [-0.05, 0) is 18.4 Å². The number of nitrogens with one attached hydrogen (secondary N) is 1. The number of carbonyl (C=O) groups excluding carboxylic acids is 2. The number of nitrogens with zero attached hydrogens (tertiary/aromatic N) is 1. The molecular formula is C15H18N2O3. The third-order valence-corrected chi connectivity index (χ3v) is 3.68. The largest absolute Gasteiger partial charge is 0.445 e. The molecule has 1 aromatic rings. The van der Waals surface area contributed by atoms with E-state index in [9.17, 15) is 9.59 Å². The van der Waals surface area contributed by atoms with Crippen molar-refractivity contribution in [1.29, 1.82) is 0 Å². The Hall–Kier alpha value is -2.04. The maximum atomic E-state index is 11.8. The molecule has 1 aliphatic carbocycles. The monoisotopic (exact) mass is 274 g/mol. The molecule has 2 amide bonds. The van der Waals surface area contributed by atoms with Crippen molar-refractivity contribution in [2.75, 3.05) is 6.54 Å². The number of ether oxygens (including phenoxy) is 1. The van der Waals surface area contributed by atoms with Crippen LogP contribution in [-0.2, 0) is 16.1 Å². The van der Waals surface area contributed by atoms with Crippen LogP contribution in [0.1, 0.15) is 24.8 Å². The van der Waals surface area contributed by atoms with Gasteiger partial charge < -0.3 is 15.0 Å². The number of amides is 2. The van der Waals surface area contributed by atoms with Crippen molar-refractivity contribution >= 4 is 12.0 Å². The van der Waals surface area contributed by atoms with E-state index in [0.717, 1.165) is 18.4 Å². The number of likely N-dealkylation sites (tertiary alicyclic amines) is 1. The molecule has 0 aromatic heterocycles. The lowest BCUT2D eigenvalue weighted by Crippen LogP contribution is -2.37. The maximum Gasteiger partial charge on any atom is 0.407 e. The Kier molecular flexibility index (Phi) is 3.58. The van der Waals surface area contributed by atoms with Crippen LogP contribution in [0, 0.1) is 0 Å². The van der Waals surface area contributed by atoms with E-state index < -0.39 is 6.09 Å². The highest BCUT2D eigenvalue weighted by Gasteiger charge is 2.39. The molecule has 1 heterocycles. The summed E-state index contributed by atoms with van der Waals surface area (Å²) >= 11 is 0. The Balaban J connectivity index is 1.44. The summed E-state index contributed by atoms with van der Waals surface area (Å²) in [7, 11) is 0. The zero-order valence-corrected chi connectivity index (χ0v) is 11.2. The summed E-state index contributed by atoms with van der Waals surface area (Å²) < 4.78 is 5.16. The van der Waals surface area contributed by atoms with Gasteiger partial charge in [-0.15, -0.1) is 0 Å². The second-order valence-corrected chi connectivity index (χ2v) is 5.38. The van der Waals surface area contributed by atoms with Gasteiger partial charge in [-0.2, -0.15) is 0 Å². The van der Waals surface area contributed by atoms with Crippen LogP contribution in [-0.4, -0.2) is 35.5 Å². The van der Waals surface area contributed by atoms with E-state index in [0.29, 0.717) is 19.0 Å². The normalized spacial score (nSPS) is 21.9. The van der Waals surface area contributed by atoms with Crippen molar-refractivity contribution in [2.45, 2.75) is 38.0 Å². The van der Waals surface area contributed by atoms with Crippen LogP contribution in [0.3, 0.4) is 0 Å². The maximum absolute atomic E-state index is 11.8. The van der Waals surface area contributed by atoms with Crippen LogP contribution >= 0.6 is 0 Å². The number of benzene rings is 1. The van der Waals surface area contributed by atoms with Gasteiger partial charge in [0.2, 0.25) is 5.91 Å². The second kappa shape index (κ2) is 5.53. The lowest BCUT2D eigenvalue weighted by molar-refractivity contribution is -0.128. The van der Waals surface area contributed by atoms with Gasteiger partial charge in [0.05, 0.1) is 6.04 Å². The zero-order valence-electron chi connectivity index (χ0n) is 11.2. The molecule has 2 aliphatic rings. The molecule has 1 aliphatic heterocycles. The SMILES string of the molecule is O=C(N[C@@H]1CC(=O)N(C2CC2)C1)OCc1ccccc1. The molecule has 5 nitrogen and oxygen atoms in total. The summed E-state index contributed by atoms with van der Waals surface area (Å²) in [6, 6.07) is 9.82. The van der Waals surface area contributed by atoms with Crippen molar-refractivity contribution in [3.63, 3.8) is 0 Å². The Morgan fingerprint density at radius 1 is 1.30 bits per heavy atom. The van der Waals surface area contributed by atoms with Gasteiger partial charge in [-0.25, -0.2) is 4.79 Å². The highest BCUT2D eigenvalue weighted by molar-refractivity contribution is 5.81. The van der Waals surface area contributed by atoms with Crippen LogP contribution in [0.4, 0.5) is 4.79 Å². The van der Waals surface area contributed by atoms with Crippen LogP contribution < -0.4 is 5.32 Å². The molecule has 0 unspecified atom stereocenters. The molecule has 0 radical (unpaired) electrons. The first-order valence-corrected chi connectivity index (χ1v) is 6.99. The first kappa shape index (κ1) is 13.0. The number of hydrogen-bond acceptors (Lipinski definition) is 3. The molecule has 0 spiro atoms. The van der Waals surface area contributed by atoms with E-state index in [4.69, 9.17) is 4.74 Å². The van der Waals surface area contributed by atoms with Crippen molar-refractivity contribution in [2.24, 2.45) is 0 Å². The molecular weight excluding hydrogens is 256 g/mol. The highest BCUT2D eigenvalue weighted by Crippen LogP contribution is 2.30. The number of alkyl carbamates (subject to hydrolysis) is 1. The summed E-state index contributed by atoms with van der Waals surface area (Å²) in [5.74, 6) is 0.140. The summed E-state index contributed by atoms with van der Waals surface area (Å²) in [4.78, 5) is 25.3. The molecule has 5 heteroatoms. The third-order valence-electron chi connectivity index (χ3n) is 3.68. The molecule has 20 heavy (non-hydrogen) atoms. The first-order valence-electron chi connectivity index (χ1n) is 6.99. The minimum atomic E-state index is -0.454. The van der Waals surface area contributed by atoms with Gasteiger partial charge >= 0.3 is 6.09 Å². The quantitative estimate of drug-likeness (QED) is 0.908. The van der Waals surface area contributed by atoms with Crippen molar-refractivity contribution < 1.29 is 14.3 Å². The van der Waals surface area contributed by atoms with Crippen LogP contribution in [0.5, 0.6) is 0 Å². The van der Waals surface area contributed by atoms with Gasteiger partial charge in [0.25, 0.3) is 0 Å². The summed E-state index contributed by atoms with van der Waals surface area (Å²) in [6.07, 6.45) is 2.12. The number of rotatable bonds is 4. The average Bonchev–Trinajstić information content (AvgIpc) is 3.22. The van der Waals surface area contributed by atoms with Gasteiger partial charge in [-0.3, -0.25) is 4.79 Å². The van der Waals surface area contributed by atoms with Crippen molar-refractivity contribution in [3.05, 3.63) is 35.9 Å². The molecule has 1 saturated heterocycles. The third kappa shape index (κ3) is 3.10. The summed E-state index contributed by atoms with van der Waals surface area (Å²) in [6.45, 7) is 0.865. The Bertz CT molecular complexity index is 499. The van der Waals surface area contributed by atoms with Crippen LogP contribution in [0.2, 0.25) is 0 Å². The fraction of sp³-hybridized carbons (Fsp3) is 0.467. The predicted octanol–water partition coefficient (Wildman–Crippen LogP) is 1.68. The van der Waals surface area contributed by atoms with Crippen molar-refractivity contribution in [1.82, 2.24) is 10.2 Å². The van der Waals surface area contributed by atoms with Gasteiger partial charge in [0, 0.05) is 19.0 Å². The minimum absolute atomic E-state index is 0.119. The van der Waals surface area contributed by atoms with E-state index in [2.05, 4.69) is 5.32 Å². The van der Waals surface area contributed by atoms with Crippen LogP contribution in [0.15, 0.2) is 30.3 Å². The second-order valence-electron chi connectivity index (χ2n) is 5.38. The summed E-state index contributed by atoms with van der Waals surface area (Å²) in [5.41, 5.74) is 0.949. The summed E-state index contributed by atoms with van der Waals surface area (Å²) in [5, 5.41) is 2.77. The molecule has 2 fully saturated rings. The topological polar surface area (TPSA) is 58.6 Å². The fourth-order valence-corrected chi connectivity index (χ4v) is 2.50. The molecule has 1 aromatic carbocycles. The van der Waals surface area contributed by atoms with E-state index in [1.54, 1.807) is 0 Å². The fourth-order valence-electron chi connectivity index (χ4n) is 2.50. The lowest BCUT2D eigenvalue weighted by Gasteiger charge is -2.16. The predicted molar refractivity (Wildman–Crippen MR) is 72.9 cm³/mol. The van der Waals surface area contributed by atoms with E-state index in [1.807, 2.05) is 35.2 Å². The first-order chi connectivity index (χ1) is 9.72. The zero-order chi connectivity index (χ0) is 13.9. The molecule has 0 bridgehead atoms. The minimum Gasteiger partial charge on any atom is -0.445 e. The Morgan fingerprint density at radius 2 is 2.05 bits per heavy atom.